The van der Waals surface area contributed by atoms with Crippen molar-refractivity contribution in [2.45, 2.75) is 27.3 Å². The van der Waals surface area contributed by atoms with Gasteiger partial charge in [0.1, 0.15) is 21.9 Å². The fraction of sp³-hybridized carbons (Fsp3) is 0.333. The van der Waals surface area contributed by atoms with Crippen molar-refractivity contribution in [1.29, 1.82) is 5.26 Å². The van der Waals surface area contributed by atoms with Gasteiger partial charge in [0.2, 0.25) is 5.91 Å². The molecule has 0 aliphatic rings. The molecule has 1 aromatic carbocycles. The maximum atomic E-state index is 12.7. The van der Waals surface area contributed by atoms with E-state index in [9.17, 15) is 24.0 Å². The Labute approximate surface area is 182 Å². The summed E-state index contributed by atoms with van der Waals surface area (Å²) in [6.45, 7) is 4.61. The lowest BCUT2D eigenvalue weighted by atomic mass is 10.2. The van der Waals surface area contributed by atoms with E-state index in [2.05, 4.69) is 16.0 Å². The Morgan fingerprint density at radius 1 is 1.32 bits per heavy atom. The first kappa shape index (κ1) is 23.8. The molecule has 0 atom stereocenters. The van der Waals surface area contributed by atoms with E-state index in [-0.39, 0.29) is 40.7 Å². The number of nitrogens with one attached hydrogen (secondary N) is 3. The van der Waals surface area contributed by atoms with Crippen molar-refractivity contribution >= 4 is 46.3 Å². The van der Waals surface area contributed by atoms with E-state index in [1.165, 1.54) is 10.8 Å². The smallest absolute Gasteiger partial charge is 0.270 e. The van der Waals surface area contributed by atoms with Crippen LogP contribution in [0.4, 0.5) is 15.8 Å². The number of carbonyl (C=O) groups excluding carboxylic acids is 2. The molecular weight excluding hydrogens is 421 g/mol. The van der Waals surface area contributed by atoms with E-state index in [0.29, 0.717) is 15.9 Å². The van der Waals surface area contributed by atoms with Crippen molar-refractivity contribution < 1.29 is 14.0 Å². The van der Waals surface area contributed by atoms with E-state index >= 15 is 0 Å². The number of rotatable bonds is 8. The molecule has 0 bridgehead atoms. The fourth-order valence-corrected chi connectivity index (χ4v) is 3.65. The molecule has 0 aliphatic heterocycles. The highest BCUT2D eigenvalue weighted by atomic mass is 32.1. The van der Waals surface area contributed by atoms with E-state index in [1.807, 2.05) is 6.07 Å². The zero-order valence-corrected chi connectivity index (χ0v) is 18.3. The first-order chi connectivity index (χ1) is 14.8. The van der Waals surface area contributed by atoms with Gasteiger partial charge in [0, 0.05) is 36.6 Å². The molecule has 164 valence electrons. The predicted octanol–water partition coefficient (Wildman–Crippen LogP) is 1.13. The van der Waals surface area contributed by atoms with Crippen LogP contribution in [0.2, 0.25) is 0 Å². The Hall–Kier alpha value is -3.45. The third-order valence-electron chi connectivity index (χ3n) is 4.18. The van der Waals surface area contributed by atoms with Crippen LogP contribution >= 0.6 is 11.3 Å². The Kier molecular flexibility index (Phi) is 8.52. The van der Waals surface area contributed by atoms with Crippen LogP contribution in [0.15, 0.2) is 29.1 Å². The summed E-state index contributed by atoms with van der Waals surface area (Å²) in [4.78, 5) is 36.8. The minimum absolute atomic E-state index is 0.111. The van der Waals surface area contributed by atoms with Crippen LogP contribution < -0.4 is 30.7 Å². The lowest BCUT2D eigenvalue weighted by Gasteiger charge is -2.09. The molecular formula is C21H24FN5O3S. The van der Waals surface area contributed by atoms with Gasteiger partial charge in [-0.2, -0.15) is 5.26 Å². The lowest BCUT2D eigenvalue weighted by molar-refractivity contribution is -0.119. The van der Waals surface area contributed by atoms with Crippen molar-refractivity contribution in [3.05, 3.63) is 43.8 Å². The van der Waals surface area contributed by atoms with Crippen LogP contribution in [-0.4, -0.2) is 29.6 Å². The molecule has 0 saturated heterocycles. The second-order valence-electron chi connectivity index (χ2n) is 6.77. The van der Waals surface area contributed by atoms with E-state index in [0.717, 1.165) is 11.3 Å². The average molecular weight is 446 g/mol. The Morgan fingerprint density at radius 3 is 2.65 bits per heavy atom. The van der Waals surface area contributed by atoms with Gasteiger partial charge in [-0.1, -0.05) is 19.9 Å². The molecule has 10 heteroatoms. The summed E-state index contributed by atoms with van der Waals surface area (Å²) in [5.74, 6) is -0.995. The molecule has 0 unspecified atom stereocenters. The number of alkyl halides is 1. The number of thiazole rings is 1. The van der Waals surface area contributed by atoms with Gasteiger partial charge in [0.25, 0.3) is 11.5 Å². The number of hydrogen-bond acceptors (Lipinski definition) is 6. The van der Waals surface area contributed by atoms with E-state index in [4.69, 9.17) is 0 Å². The molecule has 0 aliphatic carbocycles. The zero-order chi connectivity index (χ0) is 23.0. The maximum Gasteiger partial charge on any atom is 0.270 e. The van der Waals surface area contributed by atoms with E-state index < -0.39 is 12.6 Å². The molecule has 0 saturated carbocycles. The number of nitriles is 1. The maximum absolute atomic E-state index is 12.7. The summed E-state index contributed by atoms with van der Waals surface area (Å²) >= 11 is 0.992. The van der Waals surface area contributed by atoms with Gasteiger partial charge in [-0.15, -0.1) is 11.3 Å². The highest BCUT2D eigenvalue weighted by Gasteiger charge is 2.15. The molecule has 0 radical (unpaired) electrons. The third kappa shape index (κ3) is 6.02. The minimum Gasteiger partial charge on any atom is -0.360 e. The molecule has 8 nitrogen and oxygen atoms in total. The minimum atomic E-state index is -0.755. The largest absolute Gasteiger partial charge is 0.360 e. The molecule has 2 aromatic rings. The molecule has 1 aromatic heterocycles. The number of nitrogens with zero attached hydrogens (tertiary/aromatic N) is 2. The summed E-state index contributed by atoms with van der Waals surface area (Å²) in [7, 11) is 0. The quantitative estimate of drug-likeness (QED) is 0.563. The normalized spacial score (nSPS) is 12.3. The monoisotopic (exact) mass is 445 g/mol. The van der Waals surface area contributed by atoms with Gasteiger partial charge >= 0.3 is 0 Å². The number of aromatic nitrogens is 1. The van der Waals surface area contributed by atoms with Gasteiger partial charge in [-0.05, 0) is 25.1 Å². The number of hydrogen-bond donors (Lipinski definition) is 3. The van der Waals surface area contributed by atoms with Crippen LogP contribution in [0.5, 0.6) is 0 Å². The zero-order valence-electron chi connectivity index (χ0n) is 17.5. The van der Waals surface area contributed by atoms with Crippen LogP contribution in [-0.2, 0) is 16.1 Å². The van der Waals surface area contributed by atoms with Crippen molar-refractivity contribution in [3.63, 3.8) is 0 Å². The molecule has 0 fully saturated rings. The van der Waals surface area contributed by atoms with Crippen LogP contribution in [0.25, 0.3) is 11.8 Å². The van der Waals surface area contributed by atoms with Gasteiger partial charge in [-0.25, -0.2) is 4.39 Å². The van der Waals surface area contributed by atoms with Crippen molar-refractivity contribution in [2.24, 2.45) is 5.92 Å². The standard InChI is InChI=1S/C21H24FN5O3S/c1-4-27-20(30)17(31-21(27)16(11-23)19(29)24-9-8-22)12-25-14-6-5-7-15(10-14)26-18(28)13(2)3/h5-7,10,12-13,25H,4,8-9H2,1-3H3,(H,24,29)(H,26,28)/b17-12+,21-16-. The Bertz CT molecular complexity index is 1180. The van der Waals surface area contributed by atoms with Crippen LogP contribution in [0, 0.1) is 17.2 Å². The summed E-state index contributed by atoms with van der Waals surface area (Å²) in [6, 6.07) is 8.81. The number of halogens is 1. The molecule has 2 rings (SSSR count). The Morgan fingerprint density at radius 2 is 2.03 bits per heavy atom. The predicted molar refractivity (Wildman–Crippen MR) is 120 cm³/mol. The number of anilines is 2. The van der Waals surface area contributed by atoms with Gasteiger partial charge in [0.05, 0.1) is 0 Å². The number of benzene rings is 1. The van der Waals surface area contributed by atoms with Crippen molar-refractivity contribution in [1.82, 2.24) is 9.88 Å². The summed E-state index contributed by atoms with van der Waals surface area (Å²) in [5.41, 5.74) is 0.657. The summed E-state index contributed by atoms with van der Waals surface area (Å²) < 4.78 is 14.2. The topological polar surface area (TPSA) is 116 Å². The average Bonchev–Trinajstić information content (AvgIpc) is 3.06. The second-order valence-corrected chi connectivity index (χ2v) is 7.80. The SMILES string of the molecule is CCn1c(=O)/c(=C\Nc2cccc(NC(=O)C(C)C)c2)s/c1=C(/C#N)C(=O)NCCF. The van der Waals surface area contributed by atoms with Gasteiger partial charge in [-0.3, -0.25) is 19.0 Å². The summed E-state index contributed by atoms with van der Waals surface area (Å²) in [5, 5.41) is 17.5. The second kappa shape index (κ2) is 11.1. The van der Waals surface area contributed by atoms with Crippen LogP contribution in [0.1, 0.15) is 20.8 Å². The molecule has 1 heterocycles. The molecule has 0 spiro atoms. The molecule has 2 amide bonds. The highest BCUT2D eigenvalue weighted by Crippen LogP contribution is 2.15. The lowest BCUT2D eigenvalue weighted by Crippen LogP contribution is -2.35. The highest BCUT2D eigenvalue weighted by molar-refractivity contribution is 7.07. The Balaban J connectivity index is 2.42. The summed E-state index contributed by atoms with van der Waals surface area (Å²) in [6.07, 6.45) is 1.49. The number of carbonyl (C=O) groups is 2. The van der Waals surface area contributed by atoms with Gasteiger partial charge in [0.15, 0.2) is 5.57 Å². The molecule has 3 N–H and O–H groups in total. The van der Waals surface area contributed by atoms with Crippen LogP contribution in [0.3, 0.4) is 0 Å². The first-order valence-electron chi connectivity index (χ1n) is 9.68. The number of amides is 2. The van der Waals surface area contributed by atoms with Gasteiger partial charge < -0.3 is 16.0 Å². The van der Waals surface area contributed by atoms with E-state index in [1.54, 1.807) is 45.0 Å². The van der Waals surface area contributed by atoms with Crippen molar-refractivity contribution in [2.75, 3.05) is 23.9 Å². The first-order valence-corrected chi connectivity index (χ1v) is 10.5. The fourth-order valence-electron chi connectivity index (χ4n) is 2.56. The third-order valence-corrected chi connectivity index (χ3v) is 5.31. The van der Waals surface area contributed by atoms with Crippen molar-refractivity contribution in [3.8, 4) is 6.07 Å². The molecule has 31 heavy (non-hydrogen) atoms.